The smallest absolute Gasteiger partial charge is 0.257 e. The second-order valence-corrected chi connectivity index (χ2v) is 5.72. The number of anilines is 1. The first-order valence-corrected chi connectivity index (χ1v) is 6.25. The molecule has 102 valence electrons. The van der Waals surface area contributed by atoms with Crippen LogP contribution < -0.4 is 5.32 Å². The average Bonchev–Trinajstić information content (AvgIpc) is 2.96. The zero-order valence-electron chi connectivity index (χ0n) is 11.4. The number of nitrogens with zero attached hydrogens (tertiary/aromatic N) is 2. The Kier molecular flexibility index (Phi) is 3.54. The van der Waals surface area contributed by atoms with Crippen molar-refractivity contribution in [1.29, 1.82) is 0 Å². The molecule has 0 aliphatic carbocycles. The van der Waals surface area contributed by atoms with Crippen molar-refractivity contribution in [3.05, 3.63) is 29.6 Å². The van der Waals surface area contributed by atoms with Crippen LogP contribution in [-0.2, 0) is 11.8 Å². The lowest BCUT2D eigenvalue weighted by atomic mass is 9.96. The quantitative estimate of drug-likeness (QED) is 0.869. The van der Waals surface area contributed by atoms with Crippen molar-refractivity contribution in [3.63, 3.8) is 0 Å². The molecule has 0 unspecified atom stereocenters. The number of benzene rings is 1. The van der Waals surface area contributed by atoms with Gasteiger partial charge >= 0.3 is 0 Å². The zero-order valence-corrected chi connectivity index (χ0v) is 12.2. The van der Waals surface area contributed by atoms with Crippen molar-refractivity contribution in [3.8, 4) is 11.5 Å². The van der Waals surface area contributed by atoms with Crippen LogP contribution in [0, 0.1) is 0 Å². The third kappa shape index (κ3) is 2.59. The number of rotatable bonds is 1. The summed E-state index contributed by atoms with van der Waals surface area (Å²) in [5.74, 6) is 1.35. The molecule has 2 heterocycles. The zero-order chi connectivity index (χ0) is 12.8. The second kappa shape index (κ2) is 4.85. The van der Waals surface area contributed by atoms with Crippen molar-refractivity contribution in [2.75, 3.05) is 11.9 Å². The van der Waals surface area contributed by atoms with E-state index in [4.69, 9.17) is 4.52 Å². The Morgan fingerprint density at radius 1 is 1.26 bits per heavy atom. The molecule has 0 fully saturated rings. The lowest BCUT2D eigenvalue weighted by molar-refractivity contribution is 0.402. The average molecular weight is 280 g/mol. The molecule has 0 amide bonds. The van der Waals surface area contributed by atoms with Gasteiger partial charge in [-0.05, 0) is 30.2 Å². The molecule has 0 bridgehead atoms. The van der Waals surface area contributed by atoms with E-state index in [1.54, 1.807) is 0 Å². The molecule has 3 rings (SSSR count). The number of nitrogens with one attached hydrogen (secondary N) is 1. The van der Waals surface area contributed by atoms with Gasteiger partial charge in [0.15, 0.2) is 5.82 Å². The lowest BCUT2D eigenvalue weighted by Crippen LogP contribution is -2.13. The van der Waals surface area contributed by atoms with Gasteiger partial charge in [-0.2, -0.15) is 4.98 Å². The van der Waals surface area contributed by atoms with Gasteiger partial charge in [0.05, 0.1) is 0 Å². The fourth-order valence-corrected chi connectivity index (χ4v) is 2.08. The Hall–Kier alpha value is -1.55. The summed E-state index contributed by atoms with van der Waals surface area (Å²) in [7, 11) is 0. The summed E-state index contributed by atoms with van der Waals surface area (Å²) >= 11 is 0. The maximum Gasteiger partial charge on any atom is 0.257 e. The van der Waals surface area contributed by atoms with E-state index in [2.05, 4.69) is 48.4 Å². The first-order chi connectivity index (χ1) is 8.54. The van der Waals surface area contributed by atoms with Gasteiger partial charge in [0, 0.05) is 23.2 Å². The van der Waals surface area contributed by atoms with Gasteiger partial charge in [-0.15, -0.1) is 12.4 Å². The fourth-order valence-electron chi connectivity index (χ4n) is 2.08. The summed E-state index contributed by atoms with van der Waals surface area (Å²) in [6.07, 6.45) is 1.06. The van der Waals surface area contributed by atoms with E-state index in [9.17, 15) is 0 Å². The van der Waals surface area contributed by atoms with Gasteiger partial charge in [0.1, 0.15) is 0 Å². The van der Waals surface area contributed by atoms with E-state index >= 15 is 0 Å². The molecule has 4 nitrogen and oxygen atoms in total. The number of fused-ring (bicyclic) bond motifs is 1. The third-order valence-electron chi connectivity index (χ3n) is 3.16. The van der Waals surface area contributed by atoms with Crippen molar-refractivity contribution < 1.29 is 4.52 Å². The molecule has 1 aliphatic rings. The normalized spacial score (nSPS) is 13.6. The summed E-state index contributed by atoms with van der Waals surface area (Å²) in [6.45, 7) is 7.24. The van der Waals surface area contributed by atoms with Crippen LogP contribution in [0.3, 0.4) is 0 Å². The van der Waals surface area contributed by atoms with Gasteiger partial charge in [-0.1, -0.05) is 25.9 Å². The Labute approximate surface area is 119 Å². The molecule has 5 heteroatoms. The highest BCUT2D eigenvalue weighted by atomic mass is 35.5. The van der Waals surface area contributed by atoms with Gasteiger partial charge in [-0.25, -0.2) is 0 Å². The Balaban J connectivity index is 0.00000133. The highest BCUT2D eigenvalue weighted by Gasteiger charge is 2.22. The minimum Gasteiger partial charge on any atom is -0.384 e. The van der Waals surface area contributed by atoms with Gasteiger partial charge in [0.2, 0.25) is 0 Å². The Morgan fingerprint density at radius 3 is 2.74 bits per heavy atom. The molecule has 1 aromatic carbocycles. The molecular formula is C14H18ClN3O. The summed E-state index contributed by atoms with van der Waals surface area (Å²) in [6, 6.07) is 6.24. The van der Waals surface area contributed by atoms with E-state index < -0.39 is 0 Å². The van der Waals surface area contributed by atoms with Crippen LogP contribution in [0.5, 0.6) is 0 Å². The van der Waals surface area contributed by atoms with E-state index in [1.807, 2.05) is 6.07 Å². The standard InChI is InChI=1S/C14H17N3O.ClH/c1-14(2,3)13-16-12(18-17-13)10-4-5-11-9(8-10)6-7-15-11;/h4-5,8,15H,6-7H2,1-3H3;1H. The van der Waals surface area contributed by atoms with Crippen molar-refractivity contribution in [1.82, 2.24) is 10.1 Å². The fraction of sp³-hybridized carbons (Fsp3) is 0.429. The lowest BCUT2D eigenvalue weighted by Gasteiger charge is -2.10. The summed E-state index contributed by atoms with van der Waals surface area (Å²) in [4.78, 5) is 4.48. The van der Waals surface area contributed by atoms with Crippen molar-refractivity contribution in [2.24, 2.45) is 0 Å². The molecule has 1 N–H and O–H groups in total. The number of hydrogen-bond acceptors (Lipinski definition) is 4. The van der Waals surface area contributed by atoms with Crippen LogP contribution in [0.2, 0.25) is 0 Å². The number of halogens is 1. The topological polar surface area (TPSA) is 51.0 Å². The minimum absolute atomic E-state index is 0. The molecular weight excluding hydrogens is 262 g/mol. The first kappa shape index (κ1) is 13.9. The van der Waals surface area contributed by atoms with E-state index in [0.717, 1.165) is 24.4 Å². The molecule has 19 heavy (non-hydrogen) atoms. The summed E-state index contributed by atoms with van der Waals surface area (Å²) in [5.41, 5.74) is 3.46. The Bertz CT molecular complexity index is 587. The maximum absolute atomic E-state index is 5.36. The van der Waals surface area contributed by atoms with Crippen LogP contribution in [0.25, 0.3) is 11.5 Å². The van der Waals surface area contributed by atoms with Gasteiger partial charge in [0.25, 0.3) is 5.89 Å². The van der Waals surface area contributed by atoms with Crippen LogP contribution in [-0.4, -0.2) is 16.7 Å². The minimum atomic E-state index is -0.0833. The monoisotopic (exact) mass is 279 g/mol. The van der Waals surface area contributed by atoms with E-state index in [1.165, 1.54) is 11.3 Å². The molecule has 0 atom stereocenters. The molecule has 1 aliphatic heterocycles. The SMILES string of the molecule is CC(C)(C)c1noc(-c2ccc3c(c2)CCN3)n1.Cl. The third-order valence-corrected chi connectivity index (χ3v) is 3.16. The van der Waals surface area contributed by atoms with Crippen LogP contribution in [0.15, 0.2) is 22.7 Å². The second-order valence-electron chi connectivity index (χ2n) is 5.72. The van der Waals surface area contributed by atoms with E-state index in [-0.39, 0.29) is 17.8 Å². The Morgan fingerprint density at radius 2 is 2.05 bits per heavy atom. The molecule has 2 aromatic rings. The summed E-state index contributed by atoms with van der Waals surface area (Å²) < 4.78 is 5.36. The largest absolute Gasteiger partial charge is 0.384 e. The van der Waals surface area contributed by atoms with Crippen LogP contribution >= 0.6 is 12.4 Å². The highest BCUT2D eigenvalue weighted by molar-refractivity contribution is 5.85. The maximum atomic E-state index is 5.36. The molecule has 0 radical (unpaired) electrons. The van der Waals surface area contributed by atoms with E-state index in [0.29, 0.717) is 5.89 Å². The van der Waals surface area contributed by atoms with Crippen LogP contribution in [0.1, 0.15) is 32.2 Å². The van der Waals surface area contributed by atoms with Gasteiger partial charge < -0.3 is 9.84 Å². The predicted octanol–water partition coefficient (Wildman–Crippen LogP) is 3.42. The van der Waals surface area contributed by atoms with Crippen molar-refractivity contribution in [2.45, 2.75) is 32.6 Å². The number of hydrogen-bond donors (Lipinski definition) is 1. The summed E-state index contributed by atoms with van der Waals surface area (Å²) in [5, 5.41) is 7.40. The molecule has 0 spiro atoms. The molecule has 0 saturated heterocycles. The van der Waals surface area contributed by atoms with Crippen molar-refractivity contribution >= 4 is 18.1 Å². The first-order valence-electron chi connectivity index (χ1n) is 6.25. The van der Waals surface area contributed by atoms with Crippen LogP contribution in [0.4, 0.5) is 5.69 Å². The highest BCUT2D eigenvalue weighted by Crippen LogP contribution is 2.29. The van der Waals surface area contributed by atoms with Gasteiger partial charge in [-0.3, -0.25) is 0 Å². The molecule has 0 saturated carbocycles. The number of aromatic nitrogens is 2. The predicted molar refractivity (Wildman–Crippen MR) is 77.9 cm³/mol. The molecule has 1 aromatic heterocycles.